The van der Waals surface area contributed by atoms with Crippen molar-refractivity contribution in [3.63, 3.8) is 0 Å². The van der Waals surface area contributed by atoms with Crippen LogP contribution in [0.2, 0.25) is 0 Å². The summed E-state index contributed by atoms with van der Waals surface area (Å²) in [5.74, 6) is -0.227. The molecule has 1 aliphatic heterocycles. The van der Waals surface area contributed by atoms with E-state index in [-0.39, 0.29) is 34.4 Å². The molecule has 11 heteroatoms. The predicted molar refractivity (Wildman–Crippen MR) is 141 cm³/mol. The minimum absolute atomic E-state index is 0.0109. The van der Waals surface area contributed by atoms with Crippen LogP contribution in [0.3, 0.4) is 0 Å². The molecule has 37 heavy (non-hydrogen) atoms. The zero-order valence-corrected chi connectivity index (χ0v) is 22.6. The second-order valence-corrected chi connectivity index (χ2v) is 13.5. The average molecular weight is 550 g/mol. The van der Waals surface area contributed by atoms with Gasteiger partial charge in [0.2, 0.25) is 26.0 Å². The van der Waals surface area contributed by atoms with E-state index in [0.29, 0.717) is 18.7 Å². The molecule has 1 aliphatic carbocycles. The van der Waals surface area contributed by atoms with Gasteiger partial charge in [0.25, 0.3) is 0 Å². The highest BCUT2D eigenvalue weighted by molar-refractivity contribution is 7.89. The first-order chi connectivity index (χ1) is 17.6. The van der Waals surface area contributed by atoms with Crippen LogP contribution in [0.4, 0.5) is 5.69 Å². The molecule has 1 amide bonds. The van der Waals surface area contributed by atoms with E-state index in [1.54, 1.807) is 24.3 Å². The molecule has 0 radical (unpaired) electrons. The van der Waals surface area contributed by atoms with Gasteiger partial charge < -0.3 is 10.1 Å². The first kappa shape index (κ1) is 27.7. The van der Waals surface area contributed by atoms with Gasteiger partial charge in [-0.05, 0) is 68.0 Å². The number of para-hydroxylation sites is 1. The summed E-state index contributed by atoms with van der Waals surface area (Å²) < 4.78 is 62.5. The number of carbonyl (C=O) groups excluding carboxylic acids is 1. The van der Waals surface area contributed by atoms with Crippen LogP contribution in [-0.4, -0.2) is 58.9 Å². The number of amides is 1. The van der Waals surface area contributed by atoms with E-state index in [4.69, 9.17) is 4.74 Å². The van der Waals surface area contributed by atoms with Gasteiger partial charge in [-0.15, -0.1) is 0 Å². The molecule has 3 atom stereocenters. The first-order valence-corrected chi connectivity index (χ1v) is 15.7. The molecule has 0 aromatic heterocycles. The maximum atomic E-state index is 13.6. The summed E-state index contributed by atoms with van der Waals surface area (Å²) in [5, 5.41) is 2.72. The Morgan fingerprint density at radius 1 is 0.919 bits per heavy atom. The highest BCUT2D eigenvalue weighted by atomic mass is 32.2. The number of benzene rings is 2. The molecule has 202 valence electrons. The minimum atomic E-state index is -4.10. The molecule has 1 heterocycles. The van der Waals surface area contributed by atoms with E-state index in [2.05, 4.69) is 10.0 Å². The Morgan fingerprint density at radius 2 is 1.59 bits per heavy atom. The molecule has 2 aromatic carbocycles. The number of rotatable bonds is 10. The lowest BCUT2D eigenvalue weighted by molar-refractivity contribution is -0.116. The molecule has 4 rings (SSSR count). The fraction of sp³-hybridized carbons (Fsp3) is 0.500. The third kappa shape index (κ3) is 7.17. The number of nitrogens with zero attached hydrogens (tertiary/aromatic N) is 1. The molecule has 2 aliphatic rings. The van der Waals surface area contributed by atoms with Crippen LogP contribution >= 0.6 is 0 Å². The van der Waals surface area contributed by atoms with Crippen molar-refractivity contribution >= 4 is 31.6 Å². The zero-order valence-electron chi connectivity index (χ0n) is 21.0. The third-order valence-electron chi connectivity index (χ3n) is 7.00. The van der Waals surface area contributed by atoms with Crippen molar-refractivity contribution in [3.05, 3.63) is 54.6 Å². The standard InChI is InChI=1S/C26H35N3O6S2/c1-20-8-5-6-12-25(20)28-36(31,32)23-13-15-24(16-14-23)37(33,34)29(18-22-11-7-17-35-22)19-26(30)27-21-9-3-2-4-10-21/h2-4,9-10,13-16,20,22,25,28H,5-8,11-12,17-19H2,1H3,(H,27,30)/t20-,22+,25+/m1/s1. The Balaban J connectivity index is 1.51. The molecule has 2 fully saturated rings. The topological polar surface area (TPSA) is 122 Å². The summed E-state index contributed by atoms with van der Waals surface area (Å²) >= 11 is 0. The highest BCUT2D eigenvalue weighted by Gasteiger charge is 2.32. The molecule has 0 spiro atoms. The fourth-order valence-electron chi connectivity index (χ4n) is 4.84. The third-order valence-corrected chi connectivity index (χ3v) is 10.3. The minimum Gasteiger partial charge on any atom is -0.377 e. The Labute approximate surface area is 219 Å². The Bertz CT molecular complexity index is 1260. The van der Waals surface area contributed by atoms with Crippen LogP contribution in [0.5, 0.6) is 0 Å². The lowest BCUT2D eigenvalue weighted by Crippen LogP contribution is -2.42. The Kier molecular flexibility index (Phi) is 9.02. The van der Waals surface area contributed by atoms with Gasteiger partial charge in [-0.25, -0.2) is 21.6 Å². The maximum Gasteiger partial charge on any atom is 0.243 e. The molecule has 0 unspecified atom stereocenters. The van der Waals surface area contributed by atoms with Gasteiger partial charge in [0.15, 0.2) is 0 Å². The van der Waals surface area contributed by atoms with Crippen molar-refractivity contribution in [2.75, 3.05) is 25.0 Å². The molecule has 1 saturated heterocycles. The van der Waals surface area contributed by atoms with E-state index in [1.165, 1.54) is 24.3 Å². The molecule has 1 saturated carbocycles. The Hall–Kier alpha value is -2.31. The fourth-order valence-corrected chi connectivity index (χ4v) is 7.65. The number of carbonyl (C=O) groups is 1. The predicted octanol–water partition coefficient (Wildman–Crippen LogP) is 3.35. The summed E-state index contributed by atoms with van der Waals surface area (Å²) in [7, 11) is -7.89. The van der Waals surface area contributed by atoms with Gasteiger partial charge in [0.1, 0.15) is 0 Å². The summed E-state index contributed by atoms with van der Waals surface area (Å²) in [6.07, 6.45) is 5.06. The van der Waals surface area contributed by atoms with Crippen LogP contribution in [0, 0.1) is 5.92 Å². The summed E-state index contributed by atoms with van der Waals surface area (Å²) in [6.45, 7) is 2.23. The van der Waals surface area contributed by atoms with E-state index < -0.39 is 32.5 Å². The highest BCUT2D eigenvalue weighted by Crippen LogP contribution is 2.26. The lowest BCUT2D eigenvalue weighted by atomic mass is 9.87. The number of anilines is 1. The molecule has 2 aromatic rings. The molecular formula is C26H35N3O6S2. The molecular weight excluding hydrogens is 514 g/mol. The number of hydrogen-bond acceptors (Lipinski definition) is 6. The number of hydrogen-bond donors (Lipinski definition) is 2. The molecule has 9 nitrogen and oxygen atoms in total. The second-order valence-electron chi connectivity index (χ2n) is 9.81. The molecule has 2 N–H and O–H groups in total. The molecule has 0 bridgehead atoms. The number of nitrogens with one attached hydrogen (secondary N) is 2. The van der Waals surface area contributed by atoms with Gasteiger partial charge in [0.05, 0.1) is 22.4 Å². The number of sulfonamides is 2. The van der Waals surface area contributed by atoms with Crippen molar-refractivity contribution < 1.29 is 26.4 Å². The zero-order chi connectivity index (χ0) is 26.5. The van der Waals surface area contributed by atoms with Gasteiger partial charge in [0, 0.05) is 24.9 Å². The monoisotopic (exact) mass is 549 g/mol. The summed E-state index contributed by atoms with van der Waals surface area (Å²) in [5.41, 5.74) is 0.566. The van der Waals surface area contributed by atoms with E-state index in [1.807, 2.05) is 13.0 Å². The van der Waals surface area contributed by atoms with Gasteiger partial charge in [-0.3, -0.25) is 4.79 Å². The van der Waals surface area contributed by atoms with Crippen molar-refractivity contribution in [2.45, 2.75) is 67.4 Å². The van der Waals surface area contributed by atoms with Gasteiger partial charge in [-0.1, -0.05) is 38.0 Å². The van der Waals surface area contributed by atoms with Crippen LogP contribution < -0.4 is 10.0 Å². The largest absolute Gasteiger partial charge is 0.377 e. The quantitative estimate of drug-likeness (QED) is 0.469. The van der Waals surface area contributed by atoms with Crippen LogP contribution in [-0.2, 0) is 29.6 Å². The van der Waals surface area contributed by atoms with E-state index >= 15 is 0 Å². The summed E-state index contributed by atoms with van der Waals surface area (Å²) in [4.78, 5) is 12.7. The SMILES string of the molecule is C[C@@H]1CCCC[C@@H]1NS(=O)(=O)c1ccc(S(=O)(=O)N(CC(=O)Nc2ccccc2)C[C@@H]2CCCO2)cc1. The van der Waals surface area contributed by atoms with E-state index in [9.17, 15) is 21.6 Å². The van der Waals surface area contributed by atoms with Crippen molar-refractivity contribution in [1.82, 2.24) is 9.03 Å². The van der Waals surface area contributed by atoms with Crippen LogP contribution in [0.1, 0.15) is 45.4 Å². The summed E-state index contributed by atoms with van der Waals surface area (Å²) in [6, 6.07) is 13.8. The maximum absolute atomic E-state index is 13.6. The Morgan fingerprint density at radius 3 is 2.24 bits per heavy atom. The average Bonchev–Trinajstić information content (AvgIpc) is 3.39. The lowest BCUT2D eigenvalue weighted by Gasteiger charge is -2.29. The number of ether oxygens (including phenoxy) is 1. The van der Waals surface area contributed by atoms with Crippen LogP contribution in [0.25, 0.3) is 0 Å². The second kappa shape index (κ2) is 12.0. The first-order valence-electron chi connectivity index (χ1n) is 12.7. The normalized spacial score (nSPS) is 22.7. The van der Waals surface area contributed by atoms with Crippen molar-refractivity contribution in [2.24, 2.45) is 5.92 Å². The van der Waals surface area contributed by atoms with Crippen molar-refractivity contribution in [1.29, 1.82) is 0 Å². The van der Waals surface area contributed by atoms with Crippen molar-refractivity contribution in [3.8, 4) is 0 Å². The van der Waals surface area contributed by atoms with Gasteiger partial charge in [-0.2, -0.15) is 4.31 Å². The van der Waals surface area contributed by atoms with E-state index in [0.717, 1.165) is 36.4 Å². The van der Waals surface area contributed by atoms with Crippen LogP contribution in [0.15, 0.2) is 64.4 Å². The van der Waals surface area contributed by atoms with Gasteiger partial charge >= 0.3 is 0 Å². The smallest absolute Gasteiger partial charge is 0.243 e.